The summed E-state index contributed by atoms with van der Waals surface area (Å²) < 4.78 is 2.34. The summed E-state index contributed by atoms with van der Waals surface area (Å²) in [5.74, 6) is 0. The van der Waals surface area contributed by atoms with Crippen molar-refractivity contribution in [1.29, 1.82) is 0 Å². The van der Waals surface area contributed by atoms with Gasteiger partial charge in [0, 0.05) is 23.6 Å². The Kier molecular flexibility index (Phi) is 2.90. The first-order chi connectivity index (χ1) is 9.15. The number of nitrogens with zero attached hydrogens (tertiary/aromatic N) is 1. The molecular weight excluding hydrogens is 230 g/mol. The van der Waals surface area contributed by atoms with Crippen LogP contribution in [0.3, 0.4) is 0 Å². The first-order valence-electron chi connectivity index (χ1n) is 6.76. The fraction of sp³-hybridized carbons (Fsp3) is 0.222. The number of fused-ring (bicyclic) bond motifs is 1. The molecule has 0 aliphatic rings. The molecule has 0 spiro atoms. The van der Waals surface area contributed by atoms with Gasteiger partial charge in [-0.2, -0.15) is 0 Å². The zero-order valence-electron chi connectivity index (χ0n) is 11.8. The van der Waals surface area contributed by atoms with Gasteiger partial charge in [-0.3, -0.25) is 0 Å². The van der Waals surface area contributed by atoms with E-state index in [1.165, 1.54) is 33.2 Å². The molecule has 0 N–H and O–H groups in total. The van der Waals surface area contributed by atoms with Gasteiger partial charge >= 0.3 is 0 Å². The maximum atomic E-state index is 2.34. The molecule has 0 saturated heterocycles. The standard InChI is InChI=1S/C18H19N/c1-13-7-8-14(2)16(11-13)12-19-10-9-17-15(3)5-4-6-18(17)19/h4-11H,12H2,1-3H3. The molecule has 1 nitrogen and oxygen atoms in total. The quantitative estimate of drug-likeness (QED) is 0.625. The Morgan fingerprint density at radius 3 is 2.58 bits per heavy atom. The highest BCUT2D eigenvalue weighted by Crippen LogP contribution is 2.21. The van der Waals surface area contributed by atoms with Gasteiger partial charge in [0.15, 0.2) is 0 Å². The number of hydrogen-bond acceptors (Lipinski definition) is 0. The van der Waals surface area contributed by atoms with E-state index >= 15 is 0 Å². The van der Waals surface area contributed by atoms with Crippen molar-refractivity contribution in [1.82, 2.24) is 4.57 Å². The molecule has 2 aromatic carbocycles. The molecule has 0 saturated carbocycles. The summed E-state index contributed by atoms with van der Waals surface area (Å²) in [5.41, 5.74) is 6.76. The first-order valence-corrected chi connectivity index (χ1v) is 6.76. The Morgan fingerprint density at radius 1 is 0.895 bits per heavy atom. The second kappa shape index (κ2) is 4.58. The smallest absolute Gasteiger partial charge is 0.0486 e. The average molecular weight is 249 g/mol. The van der Waals surface area contributed by atoms with Gasteiger partial charge in [0.2, 0.25) is 0 Å². The monoisotopic (exact) mass is 249 g/mol. The van der Waals surface area contributed by atoms with Gasteiger partial charge in [0.1, 0.15) is 0 Å². The summed E-state index contributed by atoms with van der Waals surface area (Å²) in [6.45, 7) is 7.46. The molecule has 0 unspecified atom stereocenters. The van der Waals surface area contributed by atoms with Crippen LogP contribution in [0.2, 0.25) is 0 Å². The molecule has 0 atom stereocenters. The summed E-state index contributed by atoms with van der Waals surface area (Å²) in [6, 6.07) is 15.4. The van der Waals surface area contributed by atoms with Gasteiger partial charge in [-0.05, 0) is 49.6 Å². The number of benzene rings is 2. The lowest BCUT2D eigenvalue weighted by atomic mass is 10.1. The van der Waals surface area contributed by atoms with Crippen LogP contribution in [-0.2, 0) is 6.54 Å². The van der Waals surface area contributed by atoms with Crippen molar-refractivity contribution in [3.63, 3.8) is 0 Å². The van der Waals surface area contributed by atoms with Crippen molar-refractivity contribution in [3.05, 3.63) is 70.9 Å². The maximum absolute atomic E-state index is 2.34. The van der Waals surface area contributed by atoms with Gasteiger partial charge in [0.25, 0.3) is 0 Å². The summed E-state index contributed by atoms with van der Waals surface area (Å²) in [4.78, 5) is 0. The van der Waals surface area contributed by atoms with E-state index in [1.54, 1.807) is 0 Å². The molecule has 96 valence electrons. The number of hydrogen-bond donors (Lipinski definition) is 0. The molecule has 3 rings (SSSR count). The van der Waals surface area contributed by atoms with Crippen molar-refractivity contribution in [2.45, 2.75) is 27.3 Å². The molecule has 1 heteroatoms. The van der Waals surface area contributed by atoms with Crippen molar-refractivity contribution < 1.29 is 0 Å². The Hall–Kier alpha value is -2.02. The van der Waals surface area contributed by atoms with E-state index < -0.39 is 0 Å². The van der Waals surface area contributed by atoms with Gasteiger partial charge in [0.05, 0.1) is 0 Å². The molecule has 0 radical (unpaired) electrons. The van der Waals surface area contributed by atoms with Crippen LogP contribution in [0.15, 0.2) is 48.7 Å². The second-order valence-electron chi connectivity index (χ2n) is 5.38. The summed E-state index contributed by atoms with van der Waals surface area (Å²) in [6.07, 6.45) is 2.19. The molecule has 19 heavy (non-hydrogen) atoms. The molecular formula is C18H19N. The van der Waals surface area contributed by atoms with Crippen LogP contribution in [-0.4, -0.2) is 4.57 Å². The first kappa shape index (κ1) is 12.0. The third-order valence-corrected chi connectivity index (χ3v) is 3.88. The predicted molar refractivity (Wildman–Crippen MR) is 81.7 cm³/mol. The minimum atomic E-state index is 0.945. The van der Waals surface area contributed by atoms with Gasteiger partial charge in [-0.15, -0.1) is 0 Å². The Labute approximate surface area is 114 Å². The normalized spacial score (nSPS) is 11.1. The third-order valence-electron chi connectivity index (χ3n) is 3.88. The largest absolute Gasteiger partial charge is 0.343 e. The highest BCUT2D eigenvalue weighted by atomic mass is 14.9. The van der Waals surface area contributed by atoms with Crippen LogP contribution in [0.1, 0.15) is 22.3 Å². The van der Waals surface area contributed by atoms with E-state index in [9.17, 15) is 0 Å². The van der Waals surface area contributed by atoms with Crippen LogP contribution in [0, 0.1) is 20.8 Å². The molecule has 0 aliphatic heterocycles. The van der Waals surface area contributed by atoms with Crippen molar-refractivity contribution in [2.24, 2.45) is 0 Å². The van der Waals surface area contributed by atoms with Crippen LogP contribution < -0.4 is 0 Å². The van der Waals surface area contributed by atoms with Crippen molar-refractivity contribution in [3.8, 4) is 0 Å². The van der Waals surface area contributed by atoms with E-state index in [2.05, 4.69) is 74.0 Å². The molecule has 1 heterocycles. The van der Waals surface area contributed by atoms with Crippen LogP contribution in [0.5, 0.6) is 0 Å². The fourth-order valence-corrected chi connectivity index (χ4v) is 2.67. The number of aryl methyl sites for hydroxylation is 3. The zero-order chi connectivity index (χ0) is 13.4. The van der Waals surface area contributed by atoms with Crippen LogP contribution in [0.4, 0.5) is 0 Å². The minimum absolute atomic E-state index is 0.945. The summed E-state index contributed by atoms with van der Waals surface area (Å²) in [5, 5.41) is 1.35. The molecule has 0 amide bonds. The van der Waals surface area contributed by atoms with E-state index in [0.717, 1.165) is 6.54 Å². The SMILES string of the molecule is Cc1ccc(C)c(Cn2ccc3c(C)cccc32)c1. The topological polar surface area (TPSA) is 4.93 Å². The molecule has 0 bridgehead atoms. The minimum Gasteiger partial charge on any atom is -0.343 e. The second-order valence-corrected chi connectivity index (χ2v) is 5.38. The molecule has 0 aliphatic carbocycles. The third kappa shape index (κ3) is 2.17. The zero-order valence-corrected chi connectivity index (χ0v) is 11.8. The highest BCUT2D eigenvalue weighted by Gasteiger charge is 2.05. The van der Waals surface area contributed by atoms with Gasteiger partial charge < -0.3 is 4.57 Å². The van der Waals surface area contributed by atoms with Gasteiger partial charge in [-0.1, -0.05) is 35.9 Å². The summed E-state index contributed by atoms with van der Waals surface area (Å²) >= 11 is 0. The van der Waals surface area contributed by atoms with Gasteiger partial charge in [-0.25, -0.2) is 0 Å². The lowest BCUT2D eigenvalue weighted by molar-refractivity contribution is 0.829. The van der Waals surface area contributed by atoms with E-state index in [4.69, 9.17) is 0 Å². The average Bonchev–Trinajstić information content (AvgIpc) is 2.79. The fourth-order valence-electron chi connectivity index (χ4n) is 2.67. The van der Waals surface area contributed by atoms with Crippen LogP contribution >= 0.6 is 0 Å². The maximum Gasteiger partial charge on any atom is 0.0486 e. The predicted octanol–water partition coefficient (Wildman–Crippen LogP) is 4.61. The Balaban J connectivity index is 2.06. The summed E-state index contributed by atoms with van der Waals surface area (Å²) in [7, 11) is 0. The molecule has 0 fully saturated rings. The number of aromatic nitrogens is 1. The van der Waals surface area contributed by atoms with Crippen molar-refractivity contribution in [2.75, 3.05) is 0 Å². The molecule has 1 aromatic heterocycles. The number of rotatable bonds is 2. The molecule has 3 aromatic rings. The van der Waals surface area contributed by atoms with E-state index in [-0.39, 0.29) is 0 Å². The Bertz CT molecular complexity index is 735. The van der Waals surface area contributed by atoms with Crippen LogP contribution in [0.25, 0.3) is 10.9 Å². The van der Waals surface area contributed by atoms with E-state index in [1.807, 2.05) is 0 Å². The highest BCUT2D eigenvalue weighted by molar-refractivity contribution is 5.83. The Morgan fingerprint density at radius 2 is 1.74 bits per heavy atom. The van der Waals surface area contributed by atoms with E-state index in [0.29, 0.717) is 0 Å². The lowest BCUT2D eigenvalue weighted by Crippen LogP contribution is -2.00. The lowest BCUT2D eigenvalue weighted by Gasteiger charge is -2.10. The van der Waals surface area contributed by atoms with Crippen molar-refractivity contribution >= 4 is 10.9 Å².